The Morgan fingerprint density at radius 3 is 2.54 bits per heavy atom. The molecule has 2 nitrogen and oxygen atoms in total. The van der Waals surface area contributed by atoms with Gasteiger partial charge in [0.1, 0.15) is 0 Å². The van der Waals surface area contributed by atoms with Crippen molar-refractivity contribution in [2.24, 2.45) is 10.7 Å². The molecule has 0 unspecified atom stereocenters. The van der Waals surface area contributed by atoms with Crippen LogP contribution in [0.1, 0.15) is 17.3 Å². The molecule has 0 amide bonds. The summed E-state index contributed by atoms with van der Waals surface area (Å²) in [6.45, 7) is 2.14. The van der Waals surface area contributed by atoms with E-state index in [1.165, 1.54) is 5.56 Å². The zero-order valence-electron chi connectivity index (χ0n) is 7.47. The maximum absolute atomic E-state index is 5.73. The van der Waals surface area contributed by atoms with Gasteiger partial charge in [-0.15, -0.1) is 0 Å². The molecule has 68 valence electrons. The van der Waals surface area contributed by atoms with Gasteiger partial charge in [0.2, 0.25) is 0 Å². The summed E-state index contributed by atoms with van der Waals surface area (Å²) in [4.78, 5) is 4.92. The van der Waals surface area contributed by atoms with Gasteiger partial charge in [0.05, 0.1) is 0 Å². The van der Waals surface area contributed by atoms with Crippen LogP contribution in [0.25, 0.3) is 0 Å². The van der Waals surface area contributed by atoms with Crippen LogP contribution >= 0.6 is 0 Å². The summed E-state index contributed by atoms with van der Waals surface area (Å²) < 4.78 is 0.855. The predicted molar refractivity (Wildman–Crippen MR) is 56.0 cm³/mol. The van der Waals surface area contributed by atoms with Crippen LogP contribution in [0.3, 0.4) is 0 Å². The first-order valence-corrected chi connectivity index (χ1v) is 6.17. The molecular weight excluding hydrogens is 227 g/mol. The van der Waals surface area contributed by atoms with Crippen LogP contribution in [0.2, 0.25) is 0 Å². The van der Waals surface area contributed by atoms with E-state index in [-0.39, 0.29) is 0 Å². The molecule has 0 radical (unpaired) electrons. The van der Waals surface area contributed by atoms with Gasteiger partial charge in [-0.1, -0.05) is 0 Å². The van der Waals surface area contributed by atoms with Gasteiger partial charge in [-0.3, -0.25) is 0 Å². The number of amidine groups is 1. The molecule has 1 aliphatic heterocycles. The van der Waals surface area contributed by atoms with Crippen molar-refractivity contribution in [1.82, 2.24) is 0 Å². The van der Waals surface area contributed by atoms with Crippen molar-refractivity contribution in [3.05, 3.63) is 35.9 Å². The molecule has 2 rings (SSSR count). The molecule has 0 aromatic heterocycles. The molecule has 0 spiro atoms. The van der Waals surface area contributed by atoms with Gasteiger partial charge in [-0.25, -0.2) is 0 Å². The third-order valence-electron chi connectivity index (χ3n) is 2.14. The molecule has 1 aliphatic rings. The van der Waals surface area contributed by atoms with Crippen molar-refractivity contribution in [3.8, 4) is 0 Å². The van der Waals surface area contributed by atoms with Gasteiger partial charge in [-0.2, -0.15) is 0 Å². The molecule has 2 atom stereocenters. The van der Waals surface area contributed by atoms with Gasteiger partial charge >= 0.3 is 84.1 Å². The first kappa shape index (κ1) is 8.79. The number of rotatable bonds is 1. The van der Waals surface area contributed by atoms with Crippen LogP contribution in [0.4, 0.5) is 0 Å². The van der Waals surface area contributed by atoms with E-state index in [9.17, 15) is 0 Å². The molecule has 0 saturated carbocycles. The van der Waals surface area contributed by atoms with E-state index in [4.69, 9.17) is 5.73 Å². The normalized spacial score (nSPS) is 27.3. The van der Waals surface area contributed by atoms with Crippen LogP contribution in [0.5, 0.6) is 0 Å². The molecule has 1 aromatic carbocycles. The summed E-state index contributed by atoms with van der Waals surface area (Å²) in [5.41, 5.74) is 7.10. The minimum absolute atomic E-state index is 0.348. The van der Waals surface area contributed by atoms with Crippen molar-refractivity contribution in [2.75, 3.05) is 0 Å². The summed E-state index contributed by atoms with van der Waals surface area (Å²) in [5.74, 6) is 0. The fourth-order valence-corrected chi connectivity index (χ4v) is 3.70. The van der Waals surface area contributed by atoms with Crippen molar-refractivity contribution in [1.29, 1.82) is 0 Å². The Morgan fingerprint density at radius 1 is 1.31 bits per heavy atom. The molecule has 13 heavy (non-hydrogen) atoms. The van der Waals surface area contributed by atoms with Crippen LogP contribution < -0.4 is 5.73 Å². The quantitative estimate of drug-likeness (QED) is 0.733. The average Bonchev–Trinajstić information content (AvgIpc) is 2.47. The maximum atomic E-state index is 5.73. The van der Waals surface area contributed by atoms with Gasteiger partial charge in [0.15, 0.2) is 0 Å². The molecule has 0 saturated heterocycles. The second-order valence-electron chi connectivity index (χ2n) is 3.16. The molecule has 0 fully saturated rings. The Labute approximate surface area is 84.4 Å². The van der Waals surface area contributed by atoms with E-state index in [1.807, 2.05) is 6.07 Å². The third kappa shape index (κ3) is 1.76. The van der Waals surface area contributed by atoms with E-state index >= 15 is 0 Å². The molecular formula is C10H12N2Se. The second-order valence-corrected chi connectivity index (χ2v) is 5.59. The standard InChI is InChI=1S/C10H12N2Se/c1-7-9(13-10(11)12-7)8-5-3-2-4-6-8/h2-7,9H,1H3,(H2,11,12)/t7-,9+/m0/s1. The molecule has 2 N–H and O–H groups in total. The summed E-state index contributed by atoms with van der Waals surface area (Å²) in [6, 6.07) is 10.9. The Balaban J connectivity index is 2.21. The van der Waals surface area contributed by atoms with Gasteiger partial charge in [-0.05, 0) is 0 Å². The van der Waals surface area contributed by atoms with Crippen molar-refractivity contribution < 1.29 is 0 Å². The zero-order valence-corrected chi connectivity index (χ0v) is 9.19. The second kappa shape index (κ2) is 3.52. The molecule has 3 heteroatoms. The van der Waals surface area contributed by atoms with Crippen LogP contribution in [0.15, 0.2) is 35.3 Å². The summed E-state index contributed by atoms with van der Waals surface area (Å²) in [7, 11) is 0. The van der Waals surface area contributed by atoms with Crippen LogP contribution in [-0.2, 0) is 0 Å². The monoisotopic (exact) mass is 240 g/mol. The van der Waals surface area contributed by atoms with Gasteiger partial charge in [0, 0.05) is 0 Å². The van der Waals surface area contributed by atoms with Crippen molar-refractivity contribution in [3.63, 3.8) is 0 Å². The molecule has 0 bridgehead atoms. The predicted octanol–water partition coefficient (Wildman–Crippen LogP) is 1.15. The van der Waals surface area contributed by atoms with E-state index in [1.54, 1.807) is 0 Å². The number of nitrogens with zero attached hydrogens (tertiary/aromatic N) is 1. The fourth-order valence-electron chi connectivity index (χ4n) is 1.52. The minimum atomic E-state index is 0.348. The Kier molecular flexibility index (Phi) is 2.38. The van der Waals surface area contributed by atoms with Crippen molar-refractivity contribution in [2.45, 2.75) is 17.8 Å². The summed E-state index contributed by atoms with van der Waals surface area (Å²) in [6.07, 6.45) is 0. The molecule has 1 aromatic rings. The number of nitrogens with two attached hydrogens (primary N) is 1. The average molecular weight is 239 g/mol. The number of aliphatic imine (C=N–C) groups is 1. The topological polar surface area (TPSA) is 38.4 Å². The van der Waals surface area contributed by atoms with E-state index in [0.717, 1.165) is 4.73 Å². The summed E-state index contributed by atoms with van der Waals surface area (Å²) in [5, 5.41) is 0. The van der Waals surface area contributed by atoms with Gasteiger partial charge in [0.25, 0.3) is 0 Å². The van der Waals surface area contributed by atoms with E-state index < -0.39 is 0 Å². The van der Waals surface area contributed by atoms with E-state index in [0.29, 0.717) is 25.8 Å². The third-order valence-corrected chi connectivity index (χ3v) is 4.80. The van der Waals surface area contributed by atoms with Gasteiger partial charge < -0.3 is 0 Å². The summed E-state index contributed by atoms with van der Waals surface area (Å²) >= 11 is 0.348. The fraction of sp³-hybridized carbons (Fsp3) is 0.300. The molecule has 1 heterocycles. The van der Waals surface area contributed by atoms with E-state index in [2.05, 4.69) is 36.2 Å². The SMILES string of the molecule is C[C@@H]1N=C(N)[Se][C@H]1c1ccccc1. The van der Waals surface area contributed by atoms with Crippen LogP contribution in [0, 0.1) is 0 Å². The number of benzene rings is 1. The van der Waals surface area contributed by atoms with Crippen molar-refractivity contribution >= 4 is 19.7 Å². The Bertz CT molecular complexity index is 321. The molecule has 0 aliphatic carbocycles. The Hall–Kier alpha value is -0.791. The first-order chi connectivity index (χ1) is 6.27. The number of hydrogen-bond acceptors (Lipinski definition) is 2. The Morgan fingerprint density at radius 2 is 2.00 bits per heavy atom. The van der Waals surface area contributed by atoms with Crippen LogP contribution in [-0.4, -0.2) is 25.7 Å². The zero-order chi connectivity index (χ0) is 9.26. The first-order valence-electron chi connectivity index (χ1n) is 4.32. The number of hydrogen-bond donors (Lipinski definition) is 1.